The number of anilines is 2. The van der Waals surface area contributed by atoms with Crippen LogP contribution >= 0.6 is 0 Å². The van der Waals surface area contributed by atoms with Gasteiger partial charge in [0, 0.05) is 50.3 Å². The fourth-order valence-electron chi connectivity index (χ4n) is 3.44. The first-order valence-electron chi connectivity index (χ1n) is 8.68. The Bertz CT molecular complexity index is 913. The summed E-state index contributed by atoms with van der Waals surface area (Å²) < 4.78 is 55.1. The molecule has 0 aliphatic carbocycles. The van der Waals surface area contributed by atoms with E-state index in [9.17, 15) is 22.4 Å². The number of amides is 1. The van der Waals surface area contributed by atoms with Crippen LogP contribution in [-0.4, -0.2) is 53.2 Å². The minimum absolute atomic E-state index is 0.0300. The van der Waals surface area contributed by atoms with Crippen LogP contribution in [0.2, 0.25) is 0 Å². The Morgan fingerprint density at radius 3 is 2.61 bits per heavy atom. The summed E-state index contributed by atoms with van der Waals surface area (Å²) in [5.41, 5.74) is -0.459. The van der Waals surface area contributed by atoms with Gasteiger partial charge in [0.15, 0.2) is 0 Å². The first-order valence-corrected chi connectivity index (χ1v) is 8.68. The van der Waals surface area contributed by atoms with Crippen LogP contribution in [0.3, 0.4) is 0 Å². The Morgan fingerprint density at radius 2 is 1.89 bits per heavy atom. The summed E-state index contributed by atoms with van der Waals surface area (Å²) in [6.07, 6.45) is -4.43. The van der Waals surface area contributed by atoms with E-state index in [0.29, 0.717) is 32.0 Å². The molecule has 4 heterocycles. The predicted octanol–water partition coefficient (Wildman–Crippen LogP) is 2.08. The molecule has 1 fully saturated rings. The zero-order valence-electron chi connectivity index (χ0n) is 14.6. The van der Waals surface area contributed by atoms with E-state index in [1.807, 2.05) is 4.90 Å². The molecule has 0 saturated carbocycles. The van der Waals surface area contributed by atoms with Crippen LogP contribution in [0.4, 0.5) is 29.2 Å². The molecule has 2 aromatic rings. The lowest BCUT2D eigenvalue weighted by Crippen LogP contribution is -2.44. The Morgan fingerprint density at radius 1 is 1.14 bits per heavy atom. The van der Waals surface area contributed by atoms with Crippen molar-refractivity contribution < 1.29 is 22.4 Å². The van der Waals surface area contributed by atoms with Crippen molar-refractivity contribution >= 4 is 17.5 Å². The van der Waals surface area contributed by atoms with Crippen molar-refractivity contribution in [3.05, 3.63) is 29.8 Å². The molecular weight excluding hydrogens is 380 g/mol. The normalized spacial score (nSPS) is 19.9. The van der Waals surface area contributed by atoms with Crippen molar-refractivity contribution in [2.75, 3.05) is 36.4 Å². The molecule has 1 amide bonds. The fourth-order valence-corrected chi connectivity index (χ4v) is 3.44. The van der Waals surface area contributed by atoms with Gasteiger partial charge in [0.25, 0.3) is 0 Å². The number of hydrogen-bond donors (Lipinski definition) is 2. The minimum atomic E-state index is -4.68. The number of halogens is 4. The van der Waals surface area contributed by atoms with Crippen LogP contribution in [0.1, 0.15) is 17.9 Å². The standard InChI is InChI=1S/C17H16F4N6O/c18-9-5-11(25-12(6-9)27-3-1-22-2-4-27)15-14-10(17(19,20)21)7-13(28)26-16(14)24-8-23-15/h5-6,8,10,22H,1-4,7H2,(H,23,24,26,28)/t10-/m0/s1. The van der Waals surface area contributed by atoms with Gasteiger partial charge in [0.1, 0.15) is 23.8 Å². The Hall–Kier alpha value is -2.82. The zero-order valence-corrected chi connectivity index (χ0v) is 14.6. The number of pyridine rings is 1. The second-order valence-electron chi connectivity index (χ2n) is 6.60. The fraction of sp³-hybridized carbons (Fsp3) is 0.412. The van der Waals surface area contributed by atoms with E-state index in [2.05, 4.69) is 25.6 Å². The van der Waals surface area contributed by atoms with Gasteiger partial charge in [-0.05, 0) is 0 Å². The van der Waals surface area contributed by atoms with Gasteiger partial charge in [-0.3, -0.25) is 4.79 Å². The molecule has 7 nitrogen and oxygen atoms in total. The number of alkyl halides is 3. The zero-order chi connectivity index (χ0) is 19.9. The largest absolute Gasteiger partial charge is 0.396 e. The third-order valence-electron chi connectivity index (χ3n) is 4.74. The molecule has 0 spiro atoms. The van der Waals surface area contributed by atoms with Crippen LogP contribution in [0, 0.1) is 5.82 Å². The van der Waals surface area contributed by atoms with E-state index in [1.54, 1.807) is 0 Å². The summed E-state index contributed by atoms with van der Waals surface area (Å²) in [7, 11) is 0. The van der Waals surface area contributed by atoms with Gasteiger partial charge >= 0.3 is 6.18 Å². The topological polar surface area (TPSA) is 83.0 Å². The van der Waals surface area contributed by atoms with Gasteiger partial charge < -0.3 is 15.5 Å². The van der Waals surface area contributed by atoms with E-state index >= 15 is 0 Å². The van der Waals surface area contributed by atoms with Crippen LogP contribution in [0.25, 0.3) is 11.4 Å². The summed E-state index contributed by atoms with van der Waals surface area (Å²) in [6, 6.07) is 2.28. The Labute approximate surface area is 157 Å². The van der Waals surface area contributed by atoms with E-state index < -0.39 is 30.2 Å². The Balaban J connectivity index is 1.83. The molecule has 11 heteroatoms. The van der Waals surface area contributed by atoms with E-state index in [1.165, 1.54) is 6.07 Å². The minimum Gasteiger partial charge on any atom is -0.354 e. The first-order chi connectivity index (χ1) is 13.3. The quantitative estimate of drug-likeness (QED) is 0.757. The maximum absolute atomic E-state index is 14.3. The number of hydrogen-bond acceptors (Lipinski definition) is 6. The number of piperazine rings is 1. The summed E-state index contributed by atoms with van der Waals surface area (Å²) >= 11 is 0. The van der Waals surface area contributed by atoms with Crippen LogP contribution in [0.15, 0.2) is 18.5 Å². The summed E-state index contributed by atoms with van der Waals surface area (Å²) in [5.74, 6) is -3.40. The molecule has 0 bridgehead atoms. The highest BCUT2D eigenvalue weighted by atomic mass is 19.4. The molecule has 0 unspecified atom stereocenters. The molecule has 2 aromatic heterocycles. The number of carbonyl (C=O) groups is 1. The highest BCUT2D eigenvalue weighted by molar-refractivity contribution is 5.95. The molecule has 4 rings (SSSR count). The third kappa shape index (κ3) is 3.49. The highest BCUT2D eigenvalue weighted by Crippen LogP contribution is 2.45. The second-order valence-corrected chi connectivity index (χ2v) is 6.60. The molecule has 148 valence electrons. The van der Waals surface area contributed by atoms with Crippen molar-refractivity contribution in [2.24, 2.45) is 0 Å². The second kappa shape index (κ2) is 6.97. The van der Waals surface area contributed by atoms with Gasteiger partial charge in [-0.2, -0.15) is 13.2 Å². The summed E-state index contributed by atoms with van der Waals surface area (Å²) in [4.78, 5) is 25.6. The average Bonchev–Trinajstić information content (AvgIpc) is 2.66. The smallest absolute Gasteiger partial charge is 0.354 e. The number of aromatic nitrogens is 3. The van der Waals surface area contributed by atoms with E-state index in [-0.39, 0.29) is 22.8 Å². The van der Waals surface area contributed by atoms with Gasteiger partial charge in [0.05, 0.1) is 17.3 Å². The molecule has 28 heavy (non-hydrogen) atoms. The van der Waals surface area contributed by atoms with Gasteiger partial charge in [-0.25, -0.2) is 19.3 Å². The predicted molar refractivity (Wildman–Crippen MR) is 92.3 cm³/mol. The van der Waals surface area contributed by atoms with Gasteiger partial charge in [-0.1, -0.05) is 0 Å². The van der Waals surface area contributed by atoms with Crippen molar-refractivity contribution in [1.29, 1.82) is 0 Å². The molecule has 1 atom stereocenters. The SMILES string of the molecule is O=C1C[C@H](C(F)(F)F)c2c(ncnc2-c2cc(F)cc(N3CCNCC3)n2)N1. The van der Waals surface area contributed by atoms with Crippen molar-refractivity contribution in [2.45, 2.75) is 18.5 Å². The van der Waals surface area contributed by atoms with Crippen LogP contribution in [-0.2, 0) is 4.79 Å². The third-order valence-corrected chi connectivity index (χ3v) is 4.74. The molecule has 2 aliphatic heterocycles. The van der Waals surface area contributed by atoms with E-state index in [0.717, 1.165) is 12.4 Å². The molecule has 0 radical (unpaired) electrons. The molecule has 2 N–H and O–H groups in total. The molecule has 1 saturated heterocycles. The average molecular weight is 396 g/mol. The van der Waals surface area contributed by atoms with Crippen molar-refractivity contribution in [3.63, 3.8) is 0 Å². The number of nitrogens with zero attached hydrogens (tertiary/aromatic N) is 4. The molecule has 2 aliphatic rings. The van der Waals surface area contributed by atoms with Gasteiger partial charge in [0.2, 0.25) is 5.91 Å². The number of rotatable bonds is 2. The highest BCUT2D eigenvalue weighted by Gasteiger charge is 2.47. The lowest BCUT2D eigenvalue weighted by molar-refractivity contribution is -0.156. The van der Waals surface area contributed by atoms with Crippen molar-refractivity contribution in [3.8, 4) is 11.4 Å². The molecule has 0 aromatic carbocycles. The lowest BCUT2D eigenvalue weighted by atomic mass is 9.89. The number of carbonyl (C=O) groups excluding carboxylic acids is 1. The Kier molecular flexibility index (Phi) is 4.61. The van der Waals surface area contributed by atoms with Gasteiger partial charge in [-0.15, -0.1) is 0 Å². The maximum atomic E-state index is 14.3. The van der Waals surface area contributed by atoms with Crippen molar-refractivity contribution in [1.82, 2.24) is 20.3 Å². The maximum Gasteiger partial charge on any atom is 0.396 e. The lowest BCUT2D eigenvalue weighted by Gasteiger charge is -2.29. The summed E-state index contributed by atoms with van der Waals surface area (Å²) in [6.45, 7) is 2.58. The van der Waals surface area contributed by atoms with Crippen LogP contribution < -0.4 is 15.5 Å². The monoisotopic (exact) mass is 396 g/mol. The number of nitrogens with one attached hydrogen (secondary N) is 2. The van der Waals surface area contributed by atoms with Crippen LogP contribution in [0.5, 0.6) is 0 Å². The first kappa shape index (κ1) is 18.5. The summed E-state index contributed by atoms with van der Waals surface area (Å²) in [5, 5.41) is 5.50. The number of fused-ring (bicyclic) bond motifs is 1. The molecular formula is C17H16F4N6O. The van der Waals surface area contributed by atoms with E-state index in [4.69, 9.17) is 0 Å².